The minimum atomic E-state index is -0.202. The summed E-state index contributed by atoms with van der Waals surface area (Å²) in [7, 11) is 1.63. The van der Waals surface area contributed by atoms with E-state index in [4.69, 9.17) is 14.2 Å². The maximum atomic E-state index is 12.4. The minimum absolute atomic E-state index is 0.202. The summed E-state index contributed by atoms with van der Waals surface area (Å²) in [6.07, 6.45) is 0. The molecule has 0 bridgehead atoms. The smallest absolute Gasteiger partial charge is 0.259 e. The van der Waals surface area contributed by atoms with Gasteiger partial charge in [0.2, 0.25) is 0 Å². The summed E-state index contributed by atoms with van der Waals surface area (Å²) < 4.78 is 15.9. The van der Waals surface area contributed by atoms with Crippen molar-refractivity contribution in [3.8, 4) is 5.75 Å². The normalized spacial score (nSPS) is 10.3. The average molecular weight is 315 g/mol. The van der Waals surface area contributed by atoms with E-state index >= 15 is 0 Å². The zero-order valence-electron chi connectivity index (χ0n) is 13.2. The van der Waals surface area contributed by atoms with Gasteiger partial charge in [-0.25, -0.2) is 0 Å². The Labute approximate surface area is 136 Å². The van der Waals surface area contributed by atoms with E-state index in [0.29, 0.717) is 37.7 Å². The molecule has 2 rings (SSSR count). The van der Waals surface area contributed by atoms with Gasteiger partial charge in [0.1, 0.15) is 12.4 Å². The third kappa shape index (κ3) is 5.73. The molecule has 2 aromatic rings. The molecule has 0 aliphatic rings. The van der Waals surface area contributed by atoms with Crippen LogP contribution in [0.25, 0.3) is 0 Å². The number of carbonyl (C=O) groups is 1. The zero-order chi connectivity index (χ0) is 16.3. The van der Waals surface area contributed by atoms with Crippen LogP contribution in [0, 0.1) is 0 Å². The van der Waals surface area contributed by atoms with E-state index in [0.717, 1.165) is 5.69 Å². The van der Waals surface area contributed by atoms with E-state index in [2.05, 4.69) is 5.32 Å². The number of anilines is 1. The van der Waals surface area contributed by atoms with Gasteiger partial charge in [0.15, 0.2) is 0 Å². The molecular formula is C18H21NO4. The van der Waals surface area contributed by atoms with E-state index in [1.54, 1.807) is 19.2 Å². The van der Waals surface area contributed by atoms with Gasteiger partial charge in [-0.1, -0.05) is 30.3 Å². The maximum absolute atomic E-state index is 12.4. The molecule has 122 valence electrons. The second kappa shape index (κ2) is 9.61. The summed E-state index contributed by atoms with van der Waals surface area (Å²) in [6, 6.07) is 16.5. The molecule has 5 heteroatoms. The summed E-state index contributed by atoms with van der Waals surface area (Å²) in [4.78, 5) is 12.4. The van der Waals surface area contributed by atoms with Crippen LogP contribution in [0.5, 0.6) is 5.75 Å². The molecule has 5 nitrogen and oxygen atoms in total. The van der Waals surface area contributed by atoms with Crippen molar-refractivity contribution in [2.24, 2.45) is 0 Å². The number of rotatable bonds is 9. The molecular weight excluding hydrogens is 294 g/mol. The standard InChI is InChI=1S/C18H21NO4/c1-21-11-12-22-13-14-23-17-10-6-5-9-16(17)18(20)19-15-7-3-2-4-8-15/h2-10H,11-14H2,1H3,(H,19,20). The summed E-state index contributed by atoms with van der Waals surface area (Å²) in [6.45, 7) is 1.89. The Morgan fingerprint density at radius 1 is 0.913 bits per heavy atom. The minimum Gasteiger partial charge on any atom is -0.490 e. The van der Waals surface area contributed by atoms with Crippen LogP contribution < -0.4 is 10.1 Å². The lowest BCUT2D eigenvalue weighted by Crippen LogP contribution is -2.15. The molecule has 0 saturated carbocycles. The lowest BCUT2D eigenvalue weighted by atomic mass is 10.2. The van der Waals surface area contributed by atoms with Crippen LogP contribution in [0.1, 0.15) is 10.4 Å². The number of methoxy groups -OCH3 is 1. The summed E-state index contributed by atoms with van der Waals surface area (Å²) in [5, 5.41) is 2.85. The molecule has 1 N–H and O–H groups in total. The van der Waals surface area contributed by atoms with Gasteiger partial charge in [-0.2, -0.15) is 0 Å². The molecule has 0 aromatic heterocycles. The average Bonchev–Trinajstić information content (AvgIpc) is 2.59. The molecule has 0 heterocycles. The molecule has 0 fully saturated rings. The van der Waals surface area contributed by atoms with Crippen molar-refractivity contribution >= 4 is 11.6 Å². The van der Waals surface area contributed by atoms with Crippen LogP contribution in [0.4, 0.5) is 5.69 Å². The molecule has 0 saturated heterocycles. The molecule has 23 heavy (non-hydrogen) atoms. The summed E-state index contributed by atoms with van der Waals surface area (Å²) in [5.74, 6) is 0.336. The monoisotopic (exact) mass is 315 g/mol. The van der Waals surface area contributed by atoms with Crippen LogP contribution in [0.3, 0.4) is 0 Å². The number of nitrogens with one attached hydrogen (secondary N) is 1. The molecule has 2 aromatic carbocycles. The number of amides is 1. The number of hydrogen-bond acceptors (Lipinski definition) is 4. The molecule has 0 aliphatic carbocycles. The molecule has 0 unspecified atom stereocenters. The molecule has 1 amide bonds. The first kappa shape index (κ1) is 17.0. The van der Waals surface area contributed by atoms with E-state index in [-0.39, 0.29) is 5.91 Å². The van der Waals surface area contributed by atoms with Gasteiger partial charge in [-0.15, -0.1) is 0 Å². The van der Waals surface area contributed by atoms with Gasteiger partial charge in [-0.3, -0.25) is 4.79 Å². The zero-order valence-corrected chi connectivity index (χ0v) is 13.2. The quantitative estimate of drug-likeness (QED) is 0.723. The Morgan fingerprint density at radius 3 is 2.39 bits per heavy atom. The molecule has 0 radical (unpaired) electrons. The van der Waals surface area contributed by atoms with Crippen LogP contribution in [-0.4, -0.2) is 39.4 Å². The van der Waals surface area contributed by atoms with Gasteiger partial charge in [-0.05, 0) is 24.3 Å². The van der Waals surface area contributed by atoms with E-state index in [1.807, 2.05) is 42.5 Å². The van der Waals surface area contributed by atoms with Gasteiger partial charge in [0.25, 0.3) is 5.91 Å². The van der Waals surface area contributed by atoms with E-state index in [1.165, 1.54) is 0 Å². The highest BCUT2D eigenvalue weighted by Crippen LogP contribution is 2.19. The summed E-state index contributed by atoms with van der Waals surface area (Å²) in [5.41, 5.74) is 1.24. The van der Waals surface area contributed by atoms with Gasteiger partial charge < -0.3 is 19.5 Å². The van der Waals surface area contributed by atoms with Crippen molar-refractivity contribution in [3.05, 3.63) is 60.2 Å². The highest BCUT2D eigenvalue weighted by Gasteiger charge is 2.12. The van der Waals surface area contributed by atoms with E-state index in [9.17, 15) is 4.79 Å². The lowest BCUT2D eigenvalue weighted by molar-refractivity contribution is 0.0542. The van der Waals surface area contributed by atoms with Crippen molar-refractivity contribution < 1.29 is 19.0 Å². The fourth-order valence-corrected chi connectivity index (χ4v) is 1.95. The maximum Gasteiger partial charge on any atom is 0.259 e. The third-order valence-corrected chi connectivity index (χ3v) is 3.08. The highest BCUT2D eigenvalue weighted by atomic mass is 16.5. The Hall–Kier alpha value is -2.37. The van der Waals surface area contributed by atoms with Gasteiger partial charge in [0.05, 0.1) is 25.4 Å². The third-order valence-electron chi connectivity index (χ3n) is 3.08. The van der Waals surface area contributed by atoms with Gasteiger partial charge in [0, 0.05) is 12.8 Å². The Bertz CT molecular complexity index is 601. The van der Waals surface area contributed by atoms with E-state index < -0.39 is 0 Å². The highest BCUT2D eigenvalue weighted by molar-refractivity contribution is 6.06. The van der Waals surface area contributed by atoms with Crippen LogP contribution in [0.2, 0.25) is 0 Å². The predicted octanol–water partition coefficient (Wildman–Crippen LogP) is 2.98. The second-order valence-electron chi connectivity index (χ2n) is 4.77. The Kier molecular flexibility index (Phi) is 7.10. The number of hydrogen-bond donors (Lipinski definition) is 1. The number of carbonyl (C=O) groups excluding carboxylic acids is 1. The molecule has 0 atom stereocenters. The van der Waals surface area contributed by atoms with Crippen LogP contribution in [-0.2, 0) is 9.47 Å². The van der Waals surface area contributed by atoms with Crippen molar-refractivity contribution in [1.29, 1.82) is 0 Å². The van der Waals surface area contributed by atoms with Crippen molar-refractivity contribution in [1.82, 2.24) is 0 Å². The fraction of sp³-hybridized carbons (Fsp3) is 0.278. The lowest BCUT2D eigenvalue weighted by Gasteiger charge is -2.12. The molecule has 0 aliphatic heterocycles. The second-order valence-corrected chi connectivity index (χ2v) is 4.77. The fourth-order valence-electron chi connectivity index (χ4n) is 1.95. The SMILES string of the molecule is COCCOCCOc1ccccc1C(=O)Nc1ccccc1. The topological polar surface area (TPSA) is 56.8 Å². The number of para-hydroxylation sites is 2. The van der Waals surface area contributed by atoms with Crippen molar-refractivity contribution in [2.75, 3.05) is 38.9 Å². The van der Waals surface area contributed by atoms with Gasteiger partial charge >= 0.3 is 0 Å². The first-order valence-electron chi connectivity index (χ1n) is 7.46. The van der Waals surface area contributed by atoms with Crippen molar-refractivity contribution in [2.45, 2.75) is 0 Å². The Balaban J connectivity index is 1.90. The predicted molar refractivity (Wildman–Crippen MR) is 89.0 cm³/mol. The Morgan fingerprint density at radius 2 is 1.61 bits per heavy atom. The van der Waals surface area contributed by atoms with Crippen LogP contribution in [0.15, 0.2) is 54.6 Å². The largest absolute Gasteiger partial charge is 0.490 e. The first-order valence-corrected chi connectivity index (χ1v) is 7.46. The van der Waals surface area contributed by atoms with Crippen molar-refractivity contribution in [3.63, 3.8) is 0 Å². The number of ether oxygens (including phenoxy) is 3. The summed E-state index contributed by atoms with van der Waals surface area (Å²) >= 11 is 0. The van der Waals surface area contributed by atoms with Crippen LogP contribution >= 0.6 is 0 Å². The molecule has 0 spiro atoms. The number of benzene rings is 2. The first-order chi connectivity index (χ1) is 11.3.